The van der Waals surface area contributed by atoms with Crippen molar-refractivity contribution in [3.8, 4) is 11.3 Å². The lowest BCUT2D eigenvalue weighted by Crippen LogP contribution is -2.61. The van der Waals surface area contributed by atoms with Crippen molar-refractivity contribution in [2.45, 2.75) is 69.7 Å². The van der Waals surface area contributed by atoms with Gasteiger partial charge < -0.3 is 21.1 Å². The largest absolute Gasteiger partial charge is 0.480 e. The van der Waals surface area contributed by atoms with E-state index in [4.69, 9.17) is 0 Å². The van der Waals surface area contributed by atoms with Gasteiger partial charge >= 0.3 is 5.97 Å². The smallest absolute Gasteiger partial charge is 0.326 e. The number of aliphatic carboxylic acids is 1. The number of benzene rings is 1. The summed E-state index contributed by atoms with van der Waals surface area (Å²) in [6, 6.07) is 9.58. The minimum Gasteiger partial charge on any atom is -0.480 e. The van der Waals surface area contributed by atoms with E-state index in [9.17, 15) is 24.3 Å². The average Bonchev–Trinajstić information content (AvgIpc) is 3.32. The van der Waals surface area contributed by atoms with Crippen LogP contribution in [-0.4, -0.2) is 50.6 Å². The number of anilines is 1. The number of hydrogen-bond acceptors (Lipinski definition) is 6. The number of thiol groups is 1. The van der Waals surface area contributed by atoms with E-state index in [1.807, 2.05) is 19.9 Å². The lowest BCUT2D eigenvalue weighted by Gasteiger charge is -2.32. The van der Waals surface area contributed by atoms with Crippen molar-refractivity contribution in [3.63, 3.8) is 0 Å². The van der Waals surface area contributed by atoms with E-state index < -0.39 is 28.7 Å². The second kappa shape index (κ2) is 12.2. The first-order valence-electron chi connectivity index (χ1n) is 12.4. The Bertz CT molecular complexity index is 1150. The highest BCUT2D eigenvalue weighted by Gasteiger charge is 2.44. The van der Waals surface area contributed by atoms with Gasteiger partial charge in [-0.15, -0.1) is 0 Å². The summed E-state index contributed by atoms with van der Waals surface area (Å²) < 4.78 is 0. The number of nitrogens with one attached hydrogen (secondary N) is 3. The molecule has 10 heteroatoms. The second-order valence-corrected chi connectivity index (χ2v) is 10.4. The molecule has 1 heterocycles. The molecule has 4 N–H and O–H groups in total. The summed E-state index contributed by atoms with van der Waals surface area (Å²) in [5.41, 5.74) is 1.60. The molecule has 1 saturated carbocycles. The Labute approximate surface area is 222 Å². The number of carboxylic acids is 1. The number of carboxylic acid groups (broad SMARTS) is 1. The standard InChI is InChI=1S/C27H34N4O5S/c1-16(2)23(37)24(33)31-27(11-4-5-12-27)26(36)30-22(25(34)35)13-18-9-10-21(28-15-18)19-7-6-8-20(14-19)29-17(3)32/h6-10,14-16,22-23,37H,4-5,11-13H2,1-3H3,(H,29,32)(H,30,36)(H,31,33)(H,34,35). The number of carbonyl (C=O) groups is 4. The van der Waals surface area contributed by atoms with Gasteiger partial charge in [-0.3, -0.25) is 19.4 Å². The van der Waals surface area contributed by atoms with E-state index in [0.717, 1.165) is 18.4 Å². The Hall–Kier alpha value is -3.40. The summed E-state index contributed by atoms with van der Waals surface area (Å²) in [7, 11) is 0. The number of pyridine rings is 1. The van der Waals surface area contributed by atoms with Crippen molar-refractivity contribution in [2.24, 2.45) is 5.92 Å². The van der Waals surface area contributed by atoms with Crippen molar-refractivity contribution < 1.29 is 24.3 Å². The molecule has 2 atom stereocenters. The van der Waals surface area contributed by atoms with Crippen LogP contribution in [0.3, 0.4) is 0 Å². The number of carbonyl (C=O) groups excluding carboxylic acids is 3. The fourth-order valence-corrected chi connectivity index (χ4v) is 4.47. The molecule has 3 rings (SSSR count). The Morgan fingerprint density at radius 2 is 1.81 bits per heavy atom. The minimum absolute atomic E-state index is 0.0139. The quantitative estimate of drug-likeness (QED) is 0.302. The van der Waals surface area contributed by atoms with E-state index >= 15 is 0 Å². The first kappa shape index (κ1) is 28.2. The third kappa shape index (κ3) is 7.31. The molecule has 2 unspecified atom stereocenters. The van der Waals surface area contributed by atoms with E-state index in [0.29, 0.717) is 29.8 Å². The lowest BCUT2D eigenvalue weighted by atomic mass is 9.94. The predicted octanol–water partition coefficient (Wildman–Crippen LogP) is 3.20. The molecule has 37 heavy (non-hydrogen) atoms. The fourth-order valence-electron chi connectivity index (χ4n) is 4.41. The number of hydrogen-bond donors (Lipinski definition) is 5. The molecule has 0 bridgehead atoms. The van der Waals surface area contributed by atoms with Crippen molar-refractivity contribution in [2.75, 3.05) is 5.32 Å². The van der Waals surface area contributed by atoms with Crippen LogP contribution in [-0.2, 0) is 25.6 Å². The van der Waals surface area contributed by atoms with Crippen LogP contribution in [0.4, 0.5) is 5.69 Å². The number of nitrogens with zero attached hydrogens (tertiary/aromatic N) is 1. The Balaban J connectivity index is 1.71. The van der Waals surface area contributed by atoms with Gasteiger partial charge in [-0.05, 0) is 42.5 Å². The molecular formula is C27H34N4O5S. The van der Waals surface area contributed by atoms with Crippen LogP contribution in [0.2, 0.25) is 0 Å². The highest BCUT2D eigenvalue weighted by atomic mass is 32.1. The van der Waals surface area contributed by atoms with Crippen molar-refractivity contribution in [1.29, 1.82) is 0 Å². The molecule has 1 aromatic heterocycles. The van der Waals surface area contributed by atoms with Gasteiger partial charge in [0.15, 0.2) is 0 Å². The first-order valence-corrected chi connectivity index (χ1v) is 12.9. The molecule has 2 aromatic rings. The topological polar surface area (TPSA) is 137 Å². The molecule has 9 nitrogen and oxygen atoms in total. The molecular weight excluding hydrogens is 492 g/mol. The summed E-state index contributed by atoms with van der Waals surface area (Å²) in [6.45, 7) is 5.18. The summed E-state index contributed by atoms with van der Waals surface area (Å²) in [4.78, 5) is 53.7. The lowest BCUT2D eigenvalue weighted by molar-refractivity contribution is -0.143. The zero-order valence-corrected chi connectivity index (χ0v) is 22.2. The van der Waals surface area contributed by atoms with Gasteiger partial charge in [0.25, 0.3) is 0 Å². The van der Waals surface area contributed by atoms with Crippen LogP contribution < -0.4 is 16.0 Å². The van der Waals surface area contributed by atoms with E-state index in [-0.39, 0.29) is 24.2 Å². The number of rotatable bonds is 10. The van der Waals surface area contributed by atoms with Crippen LogP contribution >= 0.6 is 12.6 Å². The van der Waals surface area contributed by atoms with Crippen LogP contribution in [0.5, 0.6) is 0 Å². The Morgan fingerprint density at radius 1 is 1.11 bits per heavy atom. The first-order chi connectivity index (χ1) is 17.5. The normalized spacial score (nSPS) is 16.0. The fraction of sp³-hybridized carbons (Fsp3) is 0.444. The molecule has 1 aliphatic rings. The molecule has 0 saturated heterocycles. The molecule has 1 aliphatic carbocycles. The maximum Gasteiger partial charge on any atom is 0.326 e. The molecule has 0 spiro atoms. The van der Waals surface area contributed by atoms with Gasteiger partial charge in [-0.1, -0.05) is 44.9 Å². The second-order valence-electron chi connectivity index (χ2n) is 9.85. The van der Waals surface area contributed by atoms with Crippen LogP contribution in [0, 0.1) is 5.92 Å². The maximum atomic E-state index is 13.3. The summed E-state index contributed by atoms with van der Waals surface area (Å²) in [5, 5.41) is 17.5. The van der Waals surface area contributed by atoms with Gasteiger partial charge in [0.2, 0.25) is 17.7 Å². The Morgan fingerprint density at radius 3 is 2.38 bits per heavy atom. The van der Waals surface area contributed by atoms with E-state index in [1.54, 1.807) is 36.5 Å². The number of aromatic nitrogens is 1. The molecule has 1 fully saturated rings. The van der Waals surface area contributed by atoms with Gasteiger partial charge in [-0.2, -0.15) is 12.6 Å². The zero-order chi connectivity index (χ0) is 27.2. The molecule has 1 aromatic carbocycles. The van der Waals surface area contributed by atoms with E-state index in [2.05, 4.69) is 33.6 Å². The Kier molecular flexibility index (Phi) is 9.31. The highest BCUT2D eigenvalue weighted by Crippen LogP contribution is 2.31. The van der Waals surface area contributed by atoms with Gasteiger partial charge in [0.05, 0.1) is 10.9 Å². The zero-order valence-electron chi connectivity index (χ0n) is 21.3. The van der Waals surface area contributed by atoms with Crippen molar-refractivity contribution >= 4 is 42.0 Å². The predicted molar refractivity (Wildman–Crippen MR) is 144 cm³/mol. The van der Waals surface area contributed by atoms with Crippen LogP contribution in [0.25, 0.3) is 11.3 Å². The van der Waals surface area contributed by atoms with Gasteiger partial charge in [-0.25, -0.2) is 4.79 Å². The number of amides is 3. The third-order valence-electron chi connectivity index (χ3n) is 6.50. The van der Waals surface area contributed by atoms with Crippen molar-refractivity contribution in [1.82, 2.24) is 15.6 Å². The van der Waals surface area contributed by atoms with Gasteiger partial charge in [0, 0.05) is 30.8 Å². The summed E-state index contributed by atoms with van der Waals surface area (Å²) in [6.07, 6.45) is 4.03. The van der Waals surface area contributed by atoms with Crippen LogP contribution in [0.1, 0.15) is 52.0 Å². The average molecular weight is 527 g/mol. The SMILES string of the molecule is CC(=O)Nc1cccc(-c2ccc(CC(NC(=O)C3(NC(=O)C(S)C(C)C)CCCC3)C(=O)O)cn2)c1. The third-order valence-corrected chi connectivity index (χ3v) is 7.33. The maximum absolute atomic E-state index is 13.3. The molecule has 198 valence electrons. The minimum atomic E-state index is -1.19. The van der Waals surface area contributed by atoms with Crippen LogP contribution in [0.15, 0.2) is 42.6 Å². The summed E-state index contributed by atoms with van der Waals surface area (Å²) in [5.74, 6) is -2.18. The van der Waals surface area contributed by atoms with Gasteiger partial charge in [0.1, 0.15) is 11.6 Å². The monoisotopic (exact) mass is 526 g/mol. The highest BCUT2D eigenvalue weighted by molar-refractivity contribution is 7.81. The molecule has 0 aliphatic heterocycles. The van der Waals surface area contributed by atoms with Crippen molar-refractivity contribution in [3.05, 3.63) is 48.2 Å². The van der Waals surface area contributed by atoms with E-state index in [1.165, 1.54) is 6.92 Å². The summed E-state index contributed by atoms with van der Waals surface area (Å²) >= 11 is 4.36. The molecule has 0 radical (unpaired) electrons. The molecule has 3 amide bonds.